The Morgan fingerprint density at radius 2 is 2.00 bits per heavy atom. The van der Waals surface area contributed by atoms with E-state index in [0.717, 1.165) is 28.6 Å². The molecule has 0 aliphatic heterocycles. The number of hydrogen-bond acceptors (Lipinski definition) is 3. The van der Waals surface area contributed by atoms with Crippen LogP contribution >= 0.6 is 40.1 Å². The van der Waals surface area contributed by atoms with Crippen molar-refractivity contribution in [2.24, 2.45) is 11.7 Å². The van der Waals surface area contributed by atoms with Gasteiger partial charge in [0.1, 0.15) is 0 Å². The number of thioether (sulfide) groups is 1. The molecule has 2 unspecified atom stereocenters. The Labute approximate surface area is 151 Å². The number of amides is 1. The number of carbonyl (C=O) groups excluding carboxylic acids is 1. The second-order valence-electron chi connectivity index (χ2n) is 6.07. The highest BCUT2D eigenvalue weighted by molar-refractivity contribution is 9.10. The first kappa shape index (κ1) is 19.8. The van der Waals surface area contributed by atoms with E-state index in [1.807, 2.05) is 38.1 Å². The fraction of sp³-hybridized carbons (Fsp3) is 0.562. The summed E-state index contributed by atoms with van der Waals surface area (Å²) in [6.45, 7) is 4.61. The maximum atomic E-state index is 12.6. The van der Waals surface area contributed by atoms with Crippen molar-refractivity contribution in [1.82, 2.24) is 5.32 Å². The lowest BCUT2D eigenvalue weighted by Crippen LogP contribution is -2.47. The van der Waals surface area contributed by atoms with E-state index < -0.39 is 4.75 Å². The molecule has 1 aliphatic carbocycles. The predicted octanol–water partition coefficient (Wildman–Crippen LogP) is 3.99. The van der Waals surface area contributed by atoms with Crippen LogP contribution in [0, 0.1) is 5.92 Å². The third-order valence-corrected chi connectivity index (χ3v) is 5.74. The minimum atomic E-state index is -0.491. The number of benzene rings is 1. The first-order valence-electron chi connectivity index (χ1n) is 7.38. The third kappa shape index (κ3) is 5.15. The van der Waals surface area contributed by atoms with Crippen LogP contribution in [0.3, 0.4) is 0 Å². The van der Waals surface area contributed by atoms with Gasteiger partial charge in [-0.3, -0.25) is 4.79 Å². The van der Waals surface area contributed by atoms with Crippen LogP contribution in [0.2, 0.25) is 0 Å². The van der Waals surface area contributed by atoms with Crippen molar-refractivity contribution < 1.29 is 4.79 Å². The average Bonchev–Trinajstić information content (AvgIpc) is 2.88. The number of nitrogens with one attached hydrogen (secondary N) is 1. The van der Waals surface area contributed by atoms with Crippen LogP contribution < -0.4 is 11.1 Å². The summed E-state index contributed by atoms with van der Waals surface area (Å²) >= 11 is 5.02. The zero-order valence-electron chi connectivity index (χ0n) is 13.0. The molecule has 1 aromatic rings. The van der Waals surface area contributed by atoms with Gasteiger partial charge in [0.2, 0.25) is 5.91 Å². The average molecular weight is 408 g/mol. The maximum Gasteiger partial charge on any atom is 0.236 e. The molecule has 0 aromatic heterocycles. The van der Waals surface area contributed by atoms with Gasteiger partial charge in [-0.25, -0.2) is 0 Å². The van der Waals surface area contributed by atoms with Crippen LogP contribution in [0.4, 0.5) is 0 Å². The minimum absolute atomic E-state index is 0. The normalized spacial score (nSPS) is 21.3. The molecular formula is C16H24BrClN2OS. The molecular weight excluding hydrogens is 384 g/mol. The van der Waals surface area contributed by atoms with E-state index in [-0.39, 0.29) is 24.4 Å². The Hall–Kier alpha value is -0.230. The van der Waals surface area contributed by atoms with Gasteiger partial charge in [-0.05, 0) is 63.4 Å². The SMILES string of the molecule is CC(C)(Sc1ccc(Br)cc1)C(=O)NC1CCCC1CN.Cl. The minimum Gasteiger partial charge on any atom is -0.352 e. The summed E-state index contributed by atoms with van der Waals surface area (Å²) in [5.41, 5.74) is 5.79. The number of hydrogen-bond donors (Lipinski definition) is 2. The highest BCUT2D eigenvalue weighted by atomic mass is 79.9. The third-order valence-electron chi connectivity index (χ3n) is 4.01. The van der Waals surface area contributed by atoms with Gasteiger partial charge < -0.3 is 11.1 Å². The number of nitrogens with two attached hydrogens (primary N) is 1. The Balaban J connectivity index is 0.00000242. The molecule has 1 saturated carbocycles. The van der Waals surface area contributed by atoms with E-state index in [4.69, 9.17) is 5.73 Å². The van der Waals surface area contributed by atoms with Crippen molar-refractivity contribution in [1.29, 1.82) is 0 Å². The molecule has 0 spiro atoms. The van der Waals surface area contributed by atoms with Crippen LogP contribution in [0.1, 0.15) is 33.1 Å². The molecule has 0 saturated heterocycles. The predicted molar refractivity (Wildman–Crippen MR) is 99.7 cm³/mol. The second kappa shape index (κ2) is 8.57. The van der Waals surface area contributed by atoms with Crippen LogP contribution in [-0.4, -0.2) is 23.2 Å². The van der Waals surface area contributed by atoms with Gasteiger partial charge >= 0.3 is 0 Å². The first-order valence-corrected chi connectivity index (χ1v) is 8.99. The summed E-state index contributed by atoms with van der Waals surface area (Å²) in [5, 5.41) is 3.20. The molecule has 1 amide bonds. The Morgan fingerprint density at radius 1 is 1.36 bits per heavy atom. The summed E-state index contributed by atoms with van der Waals surface area (Å²) in [6.07, 6.45) is 3.33. The first-order chi connectivity index (χ1) is 9.92. The lowest BCUT2D eigenvalue weighted by Gasteiger charge is -2.27. The van der Waals surface area contributed by atoms with E-state index >= 15 is 0 Å². The summed E-state index contributed by atoms with van der Waals surface area (Å²) in [7, 11) is 0. The highest BCUT2D eigenvalue weighted by Crippen LogP contribution is 2.34. The number of rotatable bonds is 5. The summed E-state index contributed by atoms with van der Waals surface area (Å²) in [5.74, 6) is 0.531. The highest BCUT2D eigenvalue weighted by Gasteiger charge is 2.34. The molecule has 3 N–H and O–H groups in total. The molecule has 0 radical (unpaired) electrons. The largest absolute Gasteiger partial charge is 0.352 e. The second-order valence-corrected chi connectivity index (χ2v) is 8.68. The fourth-order valence-corrected chi connectivity index (χ4v) is 3.97. The Morgan fingerprint density at radius 3 is 2.59 bits per heavy atom. The van der Waals surface area contributed by atoms with Crippen molar-refractivity contribution in [3.05, 3.63) is 28.7 Å². The van der Waals surface area contributed by atoms with Crippen molar-refractivity contribution in [3.8, 4) is 0 Å². The smallest absolute Gasteiger partial charge is 0.236 e. The van der Waals surface area contributed by atoms with Crippen LogP contribution in [0.25, 0.3) is 0 Å². The molecule has 0 bridgehead atoms. The van der Waals surface area contributed by atoms with Gasteiger partial charge in [0, 0.05) is 15.4 Å². The quantitative estimate of drug-likeness (QED) is 0.726. The van der Waals surface area contributed by atoms with Crippen molar-refractivity contribution >= 4 is 46.0 Å². The molecule has 2 rings (SSSR count). The molecule has 6 heteroatoms. The number of carbonyl (C=O) groups is 1. The van der Waals surface area contributed by atoms with Crippen molar-refractivity contribution in [2.75, 3.05) is 6.54 Å². The summed E-state index contributed by atoms with van der Waals surface area (Å²) in [4.78, 5) is 13.7. The molecule has 1 aliphatic rings. The topological polar surface area (TPSA) is 55.1 Å². The number of halogens is 2. The van der Waals surface area contributed by atoms with Gasteiger partial charge in [-0.2, -0.15) is 0 Å². The molecule has 1 aromatic carbocycles. The summed E-state index contributed by atoms with van der Waals surface area (Å²) in [6, 6.07) is 8.30. The van der Waals surface area contributed by atoms with Crippen molar-refractivity contribution in [3.63, 3.8) is 0 Å². The van der Waals surface area contributed by atoms with Crippen LogP contribution in [-0.2, 0) is 4.79 Å². The molecule has 124 valence electrons. The molecule has 0 heterocycles. The maximum absolute atomic E-state index is 12.6. The molecule has 22 heavy (non-hydrogen) atoms. The Bertz CT molecular complexity index is 495. The zero-order chi connectivity index (χ0) is 15.5. The molecule has 3 nitrogen and oxygen atoms in total. The van der Waals surface area contributed by atoms with E-state index in [1.54, 1.807) is 11.8 Å². The monoisotopic (exact) mass is 406 g/mol. The van der Waals surface area contributed by atoms with Crippen LogP contribution in [0.15, 0.2) is 33.6 Å². The van der Waals surface area contributed by atoms with Gasteiger partial charge in [-0.15, -0.1) is 24.2 Å². The van der Waals surface area contributed by atoms with E-state index in [2.05, 4.69) is 21.2 Å². The van der Waals surface area contributed by atoms with E-state index in [1.165, 1.54) is 0 Å². The zero-order valence-corrected chi connectivity index (χ0v) is 16.2. The van der Waals surface area contributed by atoms with Gasteiger partial charge in [0.15, 0.2) is 0 Å². The van der Waals surface area contributed by atoms with Gasteiger partial charge in [0.05, 0.1) is 4.75 Å². The van der Waals surface area contributed by atoms with Gasteiger partial charge in [-0.1, -0.05) is 22.4 Å². The standard InChI is InChI=1S/C16H23BrN2OS.ClH/c1-16(2,21-13-8-6-12(17)7-9-13)15(20)19-14-5-3-4-11(14)10-18;/h6-9,11,14H,3-5,10,18H2,1-2H3,(H,19,20);1H. The summed E-state index contributed by atoms with van der Waals surface area (Å²) < 4.78 is 0.557. The lowest BCUT2D eigenvalue weighted by atomic mass is 10.0. The van der Waals surface area contributed by atoms with E-state index in [0.29, 0.717) is 12.5 Å². The Kier molecular flexibility index (Phi) is 7.72. The van der Waals surface area contributed by atoms with Crippen LogP contribution in [0.5, 0.6) is 0 Å². The van der Waals surface area contributed by atoms with Gasteiger partial charge in [0.25, 0.3) is 0 Å². The molecule has 2 atom stereocenters. The fourth-order valence-electron chi connectivity index (χ4n) is 2.69. The van der Waals surface area contributed by atoms with Crippen molar-refractivity contribution in [2.45, 2.75) is 48.8 Å². The lowest BCUT2D eigenvalue weighted by molar-refractivity contribution is -0.123. The van der Waals surface area contributed by atoms with E-state index in [9.17, 15) is 4.79 Å². The molecule has 1 fully saturated rings.